The van der Waals surface area contributed by atoms with Gasteiger partial charge >= 0.3 is 5.69 Å². The molecule has 2 aliphatic rings. The lowest BCUT2D eigenvalue weighted by molar-refractivity contribution is -0.386. The normalized spacial score (nSPS) is 22.0. The van der Waals surface area contributed by atoms with Crippen molar-refractivity contribution in [3.63, 3.8) is 0 Å². The molecule has 0 spiro atoms. The van der Waals surface area contributed by atoms with Crippen molar-refractivity contribution in [2.24, 2.45) is 11.8 Å². The van der Waals surface area contributed by atoms with Crippen molar-refractivity contribution in [1.82, 2.24) is 4.90 Å². The number of methoxy groups -OCH3 is 3. The fraction of sp³-hybridized carbons (Fsp3) is 0.632. The molecular formula is C19H26N2O6. The highest BCUT2D eigenvalue weighted by Gasteiger charge is 2.38. The highest BCUT2D eigenvalue weighted by Crippen LogP contribution is 2.47. The molecular weight excluding hydrogens is 352 g/mol. The average molecular weight is 378 g/mol. The molecule has 8 nitrogen and oxygen atoms in total. The largest absolute Gasteiger partial charge is 0.493 e. The summed E-state index contributed by atoms with van der Waals surface area (Å²) in [4.78, 5) is 26.1. The fourth-order valence-corrected chi connectivity index (χ4v) is 4.44. The third-order valence-electron chi connectivity index (χ3n) is 5.80. The Balaban J connectivity index is 1.99. The Morgan fingerprint density at radius 2 is 1.74 bits per heavy atom. The van der Waals surface area contributed by atoms with E-state index in [1.807, 2.05) is 0 Å². The Bertz CT molecular complexity index is 735. The lowest BCUT2D eigenvalue weighted by atomic mass is 9.75. The number of carbonyl (C=O) groups is 1. The van der Waals surface area contributed by atoms with Crippen LogP contribution in [0.1, 0.15) is 42.5 Å². The number of piperidine rings is 1. The van der Waals surface area contributed by atoms with Gasteiger partial charge in [-0.05, 0) is 24.7 Å². The predicted octanol–water partition coefficient (Wildman–Crippen LogP) is 3.27. The second kappa shape index (κ2) is 8.02. The third kappa shape index (κ3) is 3.52. The van der Waals surface area contributed by atoms with Gasteiger partial charge in [-0.1, -0.05) is 19.3 Å². The van der Waals surface area contributed by atoms with E-state index in [4.69, 9.17) is 14.2 Å². The quantitative estimate of drug-likeness (QED) is 0.577. The summed E-state index contributed by atoms with van der Waals surface area (Å²) in [7, 11) is 4.11. The molecule has 1 aromatic carbocycles. The van der Waals surface area contributed by atoms with Gasteiger partial charge in [0.15, 0.2) is 5.75 Å². The van der Waals surface area contributed by atoms with Crippen LogP contribution in [0.15, 0.2) is 6.07 Å². The molecule has 0 radical (unpaired) electrons. The molecule has 1 aliphatic carbocycles. The maximum Gasteiger partial charge on any atom is 0.327 e. The van der Waals surface area contributed by atoms with Gasteiger partial charge in [0.1, 0.15) is 5.56 Å². The Kier molecular flexibility index (Phi) is 5.72. The van der Waals surface area contributed by atoms with Gasteiger partial charge in [0.05, 0.1) is 26.3 Å². The summed E-state index contributed by atoms with van der Waals surface area (Å²) in [6.45, 7) is 1.27. The molecule has 2 fully saturated rings. The lowest BCUT2D eigenvalue weighted by Gasteiger charge is -2.41. The van der Waals surface area contributed by atoms with E-state index in [2.05, 4.69) is 0 Å². The first kappa shape index (κ1) is 19.3. The summed E-state index contributed by atoms with van der Waals surface area (Å²) < 4.78 is 15.7. The van der Waals surface area contributed by atoms with Crippen molar-refractivity contribution in [2.75, 3.05) is 34.4 Å². The van der Waals surface area contributed by atoms with Gasteiger partial charge < -0.3 is 19.1 Å². The second-order valence-electron chi connectivity index (χ2n) is 7.14. The van der Waals surface area contributed by atoms with E-state index < -0.39 is 4.92 Å². The highest BCUT2D eigenvalue weighted by molar-refractivity contribution is 6.00. The summed E-state index contributed by atoms with van der Waals surface area (Å²) in [5, 5.41) is 11.7. The topological polar surface area (TPSA) is 91.1 Å². The molecule has 1 aliphatic heterocycles. The summed E-state index contributed by atoms with van der Waals surface area (Å²) in [5.41, 5.74) is -0.408. The number of hydrogen-bond acceptors (Lipinski definition) is 6. The lowest BCUT2D eigenvalue weighted by Crippen LogP contribution is -2.44. The van der Waals surface area contributed by atoms with Crippen molar-refractivity contribution in [2.45, 2.75) is 32.1 Å². The minimum absolute atomic E-state index is 0.0243. The molecule has 8 heteroatoms. The van der Waals surface area contributed by atoms with Crippen LogP contribution in [0.5, 0.6) is 17.2 Å². The van der Waals surface area contributed by atoms with Crippen molar-refractivity contribution >= 4 is 11.6 Å². The number of rotatable bonds is 5. The monoisotopic (exact) mass is 378 g/mol. The van der Waals surface area contributed by atoms with E-state index in [1.54, 1.807) is 4.90 Å². The zero-order chi connectivity index (χ0) is 19.6. The van der Waals surface area contributed by atoms with Crippen LogP contribution in [0.3, 0.4) is 0 Å². The van der Waals surface area contributed by atoms with Gasteiger partial charge in [0.2, 0.25) is 11.5 Å². The zero-order valence-corrected chi connectivity index (χ0v) is 16.0. The van der Waals surface area contributed by atoms with Crippen LogP contribution >= 0.6 is 0 Å². The number of carbonyl (C=O) groups excluding carboxylic acids is 1. The van der Waals surface area contributed by atoms with Crippen LogP contribution < -0.4 is 14.2 Å². The Morgan fingerprint density at radius 3 is 2.33 bits per heavy atom. The SMILES string of the molecule is COc1cc(C(=O)N2CC[C@@H]3CCCC[C@H]3C2)c([N+](=O)[O-])c(OC)c1OC. The van der Waals surface area contributed by atoms with Gasteiger partial charge in [-0.3, -0.25) is 14.9 Å². The molecule has 27 heavy (non-hydrogen) atoms. The number of amides is 1. The number of nitro benzene ring substituents is 1. The molecule has 0 bridgehead atoms. The molecule has 0 aromatic heterocycles. The first-order valence-corrected chi connectivity index (χ1v) is 9.28. The van der Waals surface area contributed by atoms with Crippen LogP contribution in [0.2, 0.25) is 0 Å². The van der Waals surface area contributed by atoms with E-state index in [-0.39, 0.29) is 34.4 Å². The van der Waals surface area contributed by atoms with Gasteiger partial charge in [-0.2, -0.15) is 0 Å². The number of ether oxygens (including phenoxy) is 3. The van der Waals surface area contributed by atoms with E-state index in [9.17, 15) is 14.9 Å². The van der Waals surface area contributed by atoms with Crippen LogP contribution in [0.25, 0.3) is 0 Å². The molecule has 0 unspecified atom stereocenters. The number of fused-ring (bicyclic) bond motifs is 1. The van der Waals surface area contributed by atoms with E-state index >= 15 is 0 Å². The molecule has 2 atom stereocenters. The minimum atomic E-state index is -0.596. The summed E-state index contributed by atoms with van der Waals surface area (Å²) in [5.74, 6) is 1.03. The van der Waals surface area contributed by atoms with Gasteiger partial charge in [0.25, 0.3) is 5.91 Å². The van der Waals surface area contributed by atoms with E-state index in [1.165, 1.54) is 46.7 Å². The third-order valence-corrected chi connectivity index (χ3v) is 5.80. The van der Waals surface area contributed by atoms with Crippen LogP contribution in [-0.2, 0) is 0 Å². The summed E-state index contributed by atoms with van der Waals surface area (Å²) in [6.07, 6.45) is 5.73. The van der Waals surface area contributed by atoms with Crippen molar-refractivity contribution < 1.29 is 23.9 Å². The molecule has 1 aromatic rings. The minimum Gasteiger partial charge on any atom is -0.493 e. The van der Waals surface area contributed by atoms with Gasteiger partial charge in [0, 0.05) is 19.2 Å². The number of likely N-dealkylation sites (tertiary alicyclic amines) is 1. The Labute approximate surface area is 158 Å². The van der Waals surface area contributed by atoms with Crippen molar-refractivity contribution in [3.05, 3.63) is 21.7 Å². The van der Waals surface area contributed by atoms with Crippen LogP contribution in [0, 0.1) is 22.0 Å². The Hall–Kier alpha value is -2.51. The van der Waals surface area contributed by atoms with Gasteiger partial charge in [-0.15, -0.1) is 0 Å². The van der Waals surface area contributed by atoms with E-state index in [0.717, 1.165) is 12.8 Å². The first-order valence-electron chi connectivity index (χ1n) is 9.28. The Morgan fingerprint density at radius 1 is 1.07 bits per heavy atom. The summed E-state index contributed by atoms with van der Waals surface area (Å²) in [6, 6.07) is 1.38. The molecule has 3 rings (SSSR count). The number of hydrogen-bond donors (Lipinski definition) is 0. The number of nitro groups is 1. The highest BCUT2D eigenvalue weighted by atomic mass is 16.6. The van der Waals surface area contributed by atoms with Gasteiger partial charge in [-0.25, -0.2) is 0 Å². The zero-order valence-electron chi connectivity index (χ0n) is 16.0. The first-order chi connectivity index (χ1) is 13.0. The molecule has 1 amide bonds. The summed E-state index contributed by atoms with van der Waals surface area (Å²) >= 11 is 0. The predicted molar refractivity (Wildman–Crippen MR) is 98.7 cm³/mol. The number of benzene rings is 1. The number of nitrogens with zero attached hydrogens (tertiary/aromatic N) is 2. The second-order valence-corrected chi connectivity index (χ2v) is 7.14. The molecule has 148 valence electrons. The van der Waals surface area contributed by atoms with E-state index in [0.29, 0.717) is 24.9 Å². The molecule has 1 saturated heterocycles. The van der Waals surface area contributed by atoms with Crippen LogP contribution in [0.4, 0.5) is 5.69 Å². The standard InChI is InChI=1S/C19H26N2O6/c1-25-15-10-14(16(21(23)24)18(27-3)17(15)26-2)19(22)20-9-8-12-6-4-5-7-13(12)11-20/h10,12-13H,4-9,11H2,1-3H3/t12-,13-/m0/s1. The average Bonchev–Trinajstić information content (AvgIpc) is 2.70. The maximum atomic E-state index is 13.2. The molecule has 1 saturated carbocycles. The van der Waals surface area contributed by atoms with Crippen LogP contribution in [-0.4, -0.2) is 50.1 Å². The maximum absolute atomic E-state index is 13.2. The fourth-order valence-electron chi connectivity index (χ4n) is 4.44. The molecule has 0 N–H and O–H groups in total. The smallest absolute Gasteiger partial charge is 0.327 e. The van der Waals surface area contributed by atoms with Crippen molar-refractivity contribution in [1.29, 1.82) is 0 Å². The molecule has 1 heterocycles. The van der Waals surface area contributed by atoms with Crippen molar-refractivity contribution in [3.8, 4) is 17.2 Å².